The Morgan fingerprint density at radius 1 is 1.20 bits per heavy atom. The van der Waals surface area contributed by atoms with Crippen LogP contribution < -0.4 is 10.2 Å². The summed E-state index contributed by atoms with van der Waals surface area (Å²) < 4.78 is 20.8. The van der Waals surface area contributed by atoms with Crippen LogP contribution in [0.1, 0.15) is 12.8 Å². The number of anilines is 2. The summed E-state index contributed by atoms with van der Waals surface area (Å²) in [5.74, 6) is 1.07. The molecule has 1 N–H and O–H groups in total. The van der Waals surface area contributed by atoms with Crippen molar-refractivity contribution in [1.82, 2.24) is 19.5 Å². The SMILES string of the molecule is Fc1ccc2ncn(-c3ncc4c(n3)N(C3CCOCC3)CN4)c2c1. The fourth-order valence-electron chi connectivity index (χ4n) is 3.51. The summed E-state index contributed by atoms with van der Waals surface area (Å²) >= 11 is 0. The standard InChI is InChI=1S/C17H17FN6O/c18-11-1-2-13-15(7-11)24(10-20-13)17-19-8-14-16(22-17)23(9-21-14)12-3-5-25-6-4-12/h1-2,7-8,10,12,21H,3-6,9H2. The van der Waals surface area contributed by atoms with Crippen molar-refractivity contribution in [2.45, 2.75) is 18.9 Å². The monoisotopic (exact) mass is 340 g/mol. The summed E-state index contributed by atoms with van der Waals surface area (Å²) in [5, 5.41) is 3.34. The zero-order valence-electron chi connectivity index (χ0n) is 13.5. The molecule has 5 rings (SSSR count). The van der Waals surface area contributed by atoms with E-state index in [1.54, 1.807) is 23.2 Å². The highest BCUT2D eigenvalue weighted by atomic mass is 19.1. The Morgan fingerprint density at radius 3 is 2.96 bits per heavy atom. The Hall–Kier alpha value is -2.74. The average Bonchev–Trinajstić information content (AvgIpc) is 3.25. The van der Waals surface area contributed by atoms with Gasteiger partial charge in [-0.3, -0.25) is 4.57 Å². The van der Waals surface area contributed by atoms with Gasteiger partial charge in [0.05, 0.1) is 29.6 Å². The van der Waals surface area contributed by atoms with Gasteiger partial charge in [-0.25, -0.2) is 14.4 Å². The number of fused-ring (bicyclic) bond motifs is 2. The molecule has 0 radical (unpaired) electrons. The van der Waals surface area contributed by atoms with E-state index >= 15 is 0 Å². The first-order valence-corrected chi connectivity index (χ1v) is 8.38. The molecule has 8 heteroatoms. The van der Waals surface area contributed by atoms with Crippen LogP contribution in [0.15, 0.2) is 30.7 Å². The number of hydrogen-bond donors (Lipinski definition) is 1. The molecule has 0 atom stereocenters. The Bertz CT molecular complexity index is 936. The number of aromatic nitrogens is 4. The van der Waals surface area contributed by atoms with Crippen molar-refractivity contribution in [3.63, 3.8) is 0 Å². The number of imidazole rings is 1. The van der Waals surface area contributed by atoms with Gasteiger partial charge in [0.25, 0.3) is 0 Å². The molecular weight excluding hydrogens is 323 g/mol. The highest BCUT2D eigenvalue weighted by Gasteiger charge is 2.29. The van der Waals surface area contributed by atoms with Crippen molar-refractivity contribution in [3.05, 3.63) is 36.5 Å². The molecule has 4 heterocycles. The molecule has 1 fully saturated rings. The van der Waals surface area contributed by atoms with Gasteiger partial charge in [0.1, 0.15) is 12.1 Å². The van der Waals surface area contributed by atoms with E-state index in [4.69, 9.17) is 9.72 Å². The highest BCUT2D eigenvalue weighted by Crippen LogP contribution is 2.33. The van der Waals surface area contributed by atoms with E-state index in [2.05, 4.69) is 20.2 Å². The van der Waals surface area contributed by atoms with Gasteiger partial charge in [-0.1, -0.05) is 0 Å². The minimum absolute atomic E-state index is 0.305. The molecule has 0 spiro atoms. The van der Waals surface area contributed by atoms with Crippen molar-refractivity contribution in [2.75, 3.05) is 30.1 Å². The topological polar surface area (TPSA) is 68.1 Å². The predicted molar refractivity (Wildman–Crippen MR) is 91.4 cm³/mol. The van der Waals surface area contributed by atoms with Crippen LogP contribution in [0, 0.1) is 5.82 Å². The quantitative estimate of drug-likeness (QED) is 0.772. The molecule has 128 valence electrons. The third kappa shape index (κ3) is 2.41. The van der Waals surface area contributed by atoms with E-state index in [1.807, 2.05) is 0 Å². The van der Waals surface area contributed by atoms with Gasteiger partial charge in [-0.05, 0) is 25.0 Å². The van der Waals surface area contributed by atoms with Crippen LogP contribution >= 0.6 is 0 Å². The lowest BCUT2D eigenvalue weighted by molar-refractivity contribution is 0.0849. The first-order chi connectivity index (χ1) is 12.3. The molecule has 0 saturated carbocycles. The Labute approximate surface area is 143 Å². The van der Waals surface area contributed by atoms with E-state index in [1.165, 1.54) is 12.1 Å². The Morgan fingerprint density at radius 2 is 2.08 bits per heavy atom. The van der Waals surface area contributed by atoms with Crippen molar-refractivity contribution in [2.24, 2.45) is 0 Å². The van der Waals surface area contributed by atoms with Gasteiger partial charge in [0.2, 0.25) is 5.95 Å². The van der Waals surface area contributed by atoms with Crippen LogP contribution in [-0.2, 0) is 4.74 Å². The normalized spacial score (nSPS) is 17.7. The van der Waals surface area contributed by atoms with Crippen LogP contribution in [0.3, 0.4) is 0 Å². The zero-order valence-corrected chi connectivity index (χ0v) is 13.5. The number of rotatable bonds is 2. The molecule has 0 aliphatic carbocycles. The van der Waals surface area contributed by atoms with E-state index in [-0.39, 0.29) is 5.82 Å². The molecule has 0 unspecified atom stereocenters. The average molecular weight is 340 g/mol. The summed E-state index contributed by atoms with van der Waals surface area (Å²) in [6.07, 6.45) is 5.38. The molecule has 3 aromatic rings. The maximum absolute atomic E-state index is 13.6. The number of nitrogens with zero attached hydrogens (tertiary/aromatic N) is 5. The number of hydrogen-bond acceptors (Lipinski definition) is 6. The Kier molecular flexibility index (Phi) is 3.30. The predicted octanol–water partition coefficient (Wildman–Crippen LogP) is 2.32. The molecule has 2 aliphatic heterocycles. The van der Waals surface area contributed by atoms with E-state index in [9.17, 15) is 4.39 Å². The van der Waals surface area contributed by atoms with Crippen LogP contribution in [0.4, 0.5) is 15.9 Å². The van der Waals surface area contributed by atoms with Crippen molar-refractivity contribution in [1.29, 1.82) is 0 Å². The number of nitrogens with one attached hydrogen (secondary N) is 1. The molecule has 0 bridgehead atoms. The molecule has 25 heavy (non-hydrogen) atoms. The molecule has 2 aromatic heterocycles. The summed E-state index contributed by atoms with van der Waals surface area (Å²) in [6.45, 7) is 2.27. The fourth-order valence-corrected chi connectivity index (χ4v) is 3.51. The van der Waals surface area contributed by atoms with Crippen LogP contribution in [-0.4, -0.2) is 45.4 Å². The highest BCUT2D eigenvalue weighted by molar-refractivity contribution is 5.77. The summed E-state index contributed by atoms with van der Waals surface area (Å²) in [6, 6.07) is 4.92. The largest absolute Gasteiger partial charge is 0.381 e. The second-order valence-corrected chi connectivity index (χ2v) is 6.30. The van der Waals surface area contributed by atoms with E-state index < -0.39 is 0 Å². The van der Waals surface area contributed by atoms with Crippen molar-refractivity contribution in [3.8, 4) is 5.95 Å². The number of halogens is 1. The third-order valence-electron chi connectivity index (χ3n) is 4.82. The van der Waals surface area contributed by atoms with Gasteiger partial charge in [-0.2, -0.15) is 4.98 Å². The van der Waals surface area contributed by atoms with Crippen LogP contribution in [0.5, 0.6) is 0 Å². The second-order valence-electron chi connectivity index (χ2n) is 6.30. The molecule has 7 nitrogen and oxygen atoms in total. The smallest absolute Gasteiger partial charge is 0.237 e. The molecule has 0 amide bonds. The lowest BCUT2D eigenvalue weighted by Gasteiger charge is -2.31. The van der Waals surface area contributed by atoms with Gasteiger partial charge in [-0.15, -0.1) is 0 Å². The number of ether oxygens (including phenoxy) is 1. The molecule has 2 aliphatic rings. The lowest BCUT2D eigenvalue weighted by Crippen LogP contribution is -2.39. The maximum Gasteiger partial charge on any atom is 0.237 e. The number of benzene rings is 1. The Balaban J connectivity index is 1.56. The molecule has 1 saturated heterocycles. The fraction of sp³-hybridized carbons (Fsp3) is 0.353. The minimum Gasteiger partial charge on any atom is -0.381 e. The van der Waals surface area contributed by atoms with Crippen LogP contribution in [0.25, 0.3) is 17.0 Å². The van der Waals surface area contributed by atoms with Crippen molar-refractivity contribution >= 4 is 22.5 Å². The van der Waals surface area contributed by atoms with Crippen LogP contribution in [0.2, 0.25) is 0 Å². The third-order valence-corrected chi connectivity index (χ3v) is 4.82. The maximum atomic E-state index is 13.6. The minimum atomic E-state index is -0.305. The first kappa shape index (κ1) is 14.6. The molecular formula is C17H17FN6O. The summed E-state index contributed by atoms with van der Waals surface area (Å²) in [5.41, 5.74) is 2.29. The van der Waals surface area contributed by atoms with Gasteiger partial charge in [0, 0.05) is 25.3 Å². The van der Waals surface area contributed by atoms with Gasteiger partial charge >= 0.3 is 0 Å². The second kappa shape index (κ2) is 5.66. The van der Waals surface area contributed by atoms with Gasteiger partial charge < -0.3 is 15.0 Å². The summed E-state index contributed by atoms with van der Waals surface area (Å²) in [4.78, 5) is 15.7. The zero-order chi connectivity index (χ0) is 16.8. The van der Waals surface area contributed by atoms with Crippen molar-refractivity contribution < 1.29 is 9.13 Å². The lowest BCUT2D eigenvalue weighted by atomic mass is 10.1. The van der Waals surface area contributed by atoms with Gasteiger partial charge in [0.15, 0.2) is 5.82 Å². The van der Waals surface area contributed by atoms with E-state index in [0.717, 1.165) is 44.2 Å². The molecule has 1 aromatic carbocycles. The summed E-state index contributed by atoms with van der Waals surface area (Å²) in [7, 11) is 0. The first-order valence-electron chi connectivity index (χ1n) is 8.38. The van der Waals surface area contributed by atoms with E-state index in [0.29, 0.717) is 23.0 Å².